The van der Waals surface area contributed by atoms with Gasteiger partial charge in [-0.25, -0.2) is 0 Å². The molecule has 0 unspecified atom stereocenters. The van der Waals surface area contributed by atoms with E-state index in [4.69, 9.17) is 4.74 Å². The van der Waals surface area contributed by atoms with E-state index in [9.17, 15) is 0 Å². The number of rotatable bonds is 7. The highest BCUT2D eigenvalue weighted by Gasteiger charge is 2.04. The van der Waals surface area contributed by atoms with Gasteiger partial charge >= 0.3 is 0 Å². The molecule has 0 radical (unpaired) electrons. The lowest BCUT2D eigenvalue weighted by atomic mass is 10.2. The van der Waals surface area contributed by atoms with Crippen LogP contribution >= 0.6 is 11.3 Å². The molecule has 108 valence electrons. The minimum atomic E-state index is 0.701. The van der Waals surface area contributed by atoms with Crippen LogP contribution in [0, 0.1) is 6.92 Å². The maximum absolute atomic E-state index is 5.79. The van der Waals surface area contributed by atoms with Crippen LogP contribution < -0.4 is 10.1 Å². The number of aryl methyl sites for hydroxylation is 1. The van der Waals surface area contributed by atoms with Crippen molar-refractivity contribution in [2.24, 2.45) is 0 Å². The van der Waals surface area contributed by atoms with Gasteiger partial charge in [-0.15, -0.1) is 0 Å². The Morgan fingerprint density at radius 3 is 2.85 bits per heavy atom. The quantitative estimate of drug-likeness (QED) is 0.843. The van der Waals surface area contributed by atoms with Crippen molar-refractivity contribution in [2.75, 3.05) is 32.6 Å². The molecule has 0 amide bonds. The Labute approximate surface area is 125 Å². The zero-order valence-corrected chi connectivity index (χ0v) is 13.2. The van der Waals surface area contributed by atoms with Gasteiger partial charge in [-0.2, -0.15) is 11.3 Å². The van der Waals surface area contributed by atoms with Crippen molar-refractivity contribution in [3.63, 3.8) is 0 Å². The van der Waals surface area contributed by atoms with Crippen LogP contribution in [0.5, 0.6) is 5.75 Å². The topological polar surface area (TPSA) is 24.5 Å². The molecule has 1 aromatic heterocycles. The minimum Gasteiger partial charge on any atom is -0.492 e. The molecular weight excluding hydrogens is 268 g/mol. The third-order valence-corrected chi connectivity index (χ3v) is 4.18. The molecule has 0 aliphatic rings. The van der Waals surface area contributed by atoms with Gasteiger partial charge < -0.3 is 10.1 Å². The van der Waals surface area contributed by atoms with E-state index in [1.54, 1.807) is 11.3 Å². The second-order valence-corrected chi connectivity index (χ2v) is 5.69. The SMILES string of the molecule is CNc1cccc(OCCN(C)Cc2cscc2C)c1. The molecular formula is C16H22N2OS. The molecule has 4 heteroatoms. The molecule has 1 N–H and O–H groups in total. The highest BCUT2D eigenvalue weighted by Crippen LogP contribution is 2.17. The number of likely N-dealkylation sites (N-methyl/N-ethyl adjacent to an activating group) is 1. The number of hydrogen-bond donors (Lipinski definition) is 1. The third-order valence-electron chi connectivity index (χ3n) is 3.27. The standard InChI is InChI=1S/C16H22N2OS/c1-13-11-20-12-14(13)10-18(3)7-8-19-16-6-4-5-15(9-16)17-2/h4-6,9,11-12,17H,7-8,10H2,1-3H3. The third kappa shape index (κ3) is 4.25. The van der Waals surface area contributed by atoms with E-state index in [0.717, 1.165) is 24.5 Å². The molecule has 0 saturated heterocycles. The second-order valence-electron chi connectivity index (χ2n) is 4.94. The summed E-state index contributed by atoms with van der Waals surface area (Å²) in [4.78, 5) is 2.29. The lowest BCUT2D eigenvalue weighted by molar-refractivity contribution is 0.233. The summed E-state index contributed by atoms with van der Waals surface area (Å²) < 4.78 is 5.79. The van der Waals surface area contributed by atoms with Crippen LogP contribution in [0.2, 0.25) is 0 Å². The van der Waals surface area contributed by atoms with Gasteiger partial charge in [0.05, 0.1) is 0 Å². The van der Waals surface area contributed by atoms with E-state index in [1.807, 2.05) is 31.3 Å². The highest BCUT2D eigenvalue weighted by molar-refractivity contribution is 7.08. The molecule has 2 rings (SSSR count). The van der Waals surface area contributed by atoms with Crippen LogP contribution in [0.4, 0.5) is 5.69 Å². The fourth-order valence-electron chi connectivity index (χ4n) is 1.98. The maximum Gasteiger partial charge on any atom is 0.121 e. The van der Waals surface area contributed by atoms with Gasteiger partial charge in [0.1, 0.15) is 12.4 Å². The Morgan fingerprint density at radius 1 is 1.30 bits per heavy atom. The van der Waals surface area contributed by atoms with Crippen LogP contribution in [0.25, 0.3) is 0 Å². The van der Waals surface area contributed by atoms with Crippen molar-refractivity contribution in [1.82, 2.24) is 4.90 Å². The first-order valence-corrected chi connectivity index (χ1v) is 7.74. The van der Waals surface area contributed by atoms with Gasteiger partial charge in [0.15, 0.2) is 0 Å². The summed E-state index contributed by atoms with van der Waals surface area (Å²) in [6.45, 7) is 4.76. The molecule has 0 spiro atoms. The predicted molar refractivity (Wildman–Crippen MR) is 86.9 cm³/mol. The number of nitrogens with zero attached hydrogens (tertiary/aromatic N) is 1. The predicted octanol–water partition coefficient (Wildman–Crippen LogP) is 3.61. The normalized spacial score (nSPS) is 10.8. The molecule has 1 aromatic carbocycles. The summed E-state index contributed by atoms with van der Waals surface area (Å²) >= 11 is 1.77. The van der Waals surface area contributed by atoms with Crippen molar-refractivity contribution < 1.29 is 4.74 Å². The van der Waals surface area contributed by atoms with Crippen molar-refractivity contribution in [2.45, 2.75) is 13.5 Å². The van der Waals surface area contributed by atoms with Gasteiger partial charge in [-0.3, -0.25) is 4.90 Å². The summed E-state index contributed by atoms with van der Waals surface area (Å²) in [5.41, 5.74) is 3.86. The van der Waals surface area contributed by atoms with Crippen LogP contribution in [0.1, 0.15) is 11.1 Å². The van der Waals surface area contributed by atoms with Crippen molar-refractivity contribution in [3.8, 4) is 5.75 Å². The van der Waals surface area contributed by atoms with Crippen molar-refractivity contribution in [3.05, 3.63) is 46.2 Å². The monoisotopic (exact) mass is 290 g/mol. The van der Waals surface area contributed by atoms with Gasteiger partial charge in [-0.05, 0) is 48.0 Å². The van der Waals surface area contributed by atoms with E-state index in [1.165, 1.54) is 11.1 Å². The minimum absolute atomic E-state index is 0.701. The second kappa shape index (κ2) is 7.31. The molecule has 0 atom stereocenters. The summed E-state index contributed by atoms with van der Waals surface area (Å²) in [6, 6.07) is 8.03. The first-order valence-electron chi connectivity index (χ1n) is 6.80. The van der Waals surface area contributed by atoms with Crippen LogP contribution in [0.15, 0.2) is 35.0 Å². The zero-order valence-electron chi connectivity index (χ0n) is 12.3. The number of thiophene rings is 1. The van der Waals surface area contributed by atoms with Crippen molar-refractivity contribution >= 4 is 17.0 Å². The Balaban J connectivity index is 1.76. The first kappa shape index (κ1) is 14.9. The number of nitrogens with one attached hydrogen (secondary N) is 1. The largest absolute Gasteiger partial charge is 0.492 e. The molecule has 0 bridgehead atoms. The van der Waals surface area contributed by atoms with Crippen molar-refractivity contribution in [1.29, 1.82) is 0 Å². The molecule has 0 aliphatic heterocycles. The summed E-state index contributed by atoms with van der Waals surface area (Å²) in [7, 11) is 4.04. The highest BCUT2D eigenvalue weighted by atomic mass is 32.1. The van der Waals surface area contributed by atoms with E-state index >= 15 is 0 Å². The lowest BCUT2D eigenvalue weighted by Crippen LogP contribution is -2.23. The lowest BCUT2D eigenvalue weighted by Gasteiger charge is -2.17. The average Bonchev–Trinajstić information content (AvgIpc) is 2.84. The van der Waals surface area contributed by atoms with E-state index in [-0.39, 0.29) is 0 Å². The summed E-state index contributed by atoms with van der Waals surface area (Å²) in [6.07, 6.45) is 0. The Hall–Kier alpha value is -1.52. The number of ether oxygens (including phenoxy) is 1. The number of hydrogen-bond acceptors (Lipinski definition) is 4. The maximum atomic E-state index is 5.79. The smallest absolute Gasteiger partial charge is 0.121 e. The van der Waals surface area contributed by atoms with Crippen LogP contribution in [-0.2, 0) is 6.54 Å². The molecule has 3 nitrogen and oxygen atoms in total. The molecule has 0 aliphatic carbocycles. The number of benzene rings is 1. The van der Waals surface area contributed by atoms with E-state index in [2.05, 4.69) is 34.9 Å². The fraction of sp³-hybridized carbons (Fsp3) is 0.375. The van der Waals surface area contributed by atoms with E-state index < -0.39 is 0 Å². The molecule has 0 saturated carbocycles. The molecule has 20 heavy (non-hydrogen) atoms. The summed E-state index contributed by atoms with van der Waals surface area (Å²) in [5.74, 6) is 0.914. The molecule has 2 aromatic rings. The molecule has 1 heterocycles. The van der Waals surface area contributed by atoms with Gasteiger partial charge in [0.2, 0.25) is 0 Å². The average molecular weight is 290 g/mol. The number of anilines is 1. The van der Waals surface area contributed by atoms with Gasteiger partial charge in [0.25, 0.3) is 0 Å². The first-order chi connectivity index (χ1) is 9.69. The van der Waals surface area contributed by atoms with Gasteiger partial charge in [0, 0.05) is 31.9 Å². The molecule has 0 fully saturated rings. The van der Waals surface area contributed by atoms with Crippen LogP contribution in [-0.4, -0.2) is 32.1 Å². The fourth-order valence-corrected chi connectivity index (χ4v) is 2.83. The Kier molecular flexibility index (Phi) is 5.44. The summed E-state index contributed by atoms with van der Waals surface area (Å²) in [5, 5.41) is 7.54. The Bertz CT molecular complexity index is 539. The Morgan fingerprint density at radius 2 is 2.15 bits per heavy atom. The van der Waals surface area contributed by atoms with Crippen LogP contribution in [0.3, 0.4) is 0 Å². The van der Waals surface area contributed by atoms with E-state index in [0.29, 0.717) is 6.61 Å². The van der Waals surface area contributed by atoms with Gasteiger partial charge in [-0.1, -0.05) is 6.07 Å². The zero-order chi connectivity index (χ0) is 14.4.